The highest BCUT2D eigenvalue weighted by Crippen LogP contribution is 2.18. The Labute approximate surface area is 88.3 Å². The molecule has 2 rings (SSSR count). The van der Waals surface area contributed by atoms with Crippen molar-refractivity contribution in [1.29, 1.82) is 0 Å². The summed E-state index contributed by atoms with van der Waals surface area (Å²) in [7, 11) is 0. The maximum atomic E-state index is 4.38. The summed E-state index contributed by atoms with van der Waals surface area (Å²) in [5, 5.41) is 11.1. The number of nitrogens with zero attached hydrogens (tertiary/aromatic N) is 3. The third-order valence-electron chi connectivity index (χ3n) is 2.42. The molecule has 0 saturated carbocycles. The van der Waals surface area contributed by atoms with Crippen molar-refractivity contribution in [3.8, 4) is 0 Å². The smallest absolute Gasteiger partial charge is 0.161 e. The van der Waals surface area contributed by atoms with Crippen molar-refractivity contribution >= 4 is 16.9 Å². The number of rotatable bonds is 3. The first-order valence-corrected chi connectivity index (χ1v) is 5.15. The lowest BCUT2D eigenvalue weighted by Crippen LogP contribution is -2.15. The summed E-state index contributed by atoms with van der Waals surface area (Å²) in [5.74, 6) is 1.61. The van der Waals surface area contributed by atoms with Gasteiger partial charge in [0.2, 0.25) is 0 Å². The first-order chi connectivity index (χ1) is 7.20. The monoisotopic (exact) mass is 205 g/mol. The zero-order chi connectivity index (χ0) is 10.8. The maximum Gasteiger partial charge on any atom is 0.161 e. The molecule has 1 atom stereocenters. The minimum Gasteiger partial charge on any atom is -0.367 e. The van der Waals surface area contributed by atoms with E-state index in [0.29, 0.717) is 6.04 Å². The highest BCUT2D eigenvalue weighted by molar-refractivity contribution is 5.85. The Morgan fingerprint density at radius 3 is 3.00 bits per heavy atom. The van der Waals surface area contributed by atoms with E-state index in [9.17, 15) is 0 Å². The SMILES string of the molecule is CCC(C)Nc1nc(C)nc2[nH]ncc12. The summed E-state index contributed by atoms with van der Waals surface area (Å²) < 4.78 is 0. The molecule has 0 spiro atoms. The molecule has 2 aromatic heterocycles. The molecule has 2 heterocycles. The van der Waals surface area contributed by atoms with Crippen molar-refractivity contribution in [2.75, 3.05) is 5.32 Å². The molecular weight excluding hydrogens is 190 g/mol. The molecule has 0 radical (unpaired) electrons. The summed E-state index contributed by atoms with van der Waals surface area (Å²) in [5.41, 5.74) is 0.785. The van der Waals surface area contributed by atoms with Gasteiger partial charge in [0.15, 0.2) is 5.65 Å². The molecule has 5 heteroatoms. The molecule has 0 aromatic carbocycles. The van der Waals surface area contributed by atoms with E-state index in [2.05, 4.69) is 39.3 Å². The number of H-pyrrole nitrogens is 1. The second-order valence-electron chi connectivity index (χ2n) is 3.71. The van der Waals surface area contributed by atoms with Crippen LogP contribution in [0.3, 0.4) is 0 Å². The van der Waals surface area contributed by atoms with Crippen LogP contribution in [0.1, 0.15) is 26.1 Å². The topological polar surface area (TPSA) is 66.5 Å². The van der Waals surface area contributed by atoms with Gasteiger partial charge in [-0.1, -0.05) is 6.92 Å². The Bertz CT molecular complexity index is 462. The Morgan fingerprint density at radius 1 is 1.47 bits per heavy atom. The summed E-state index contributed by atoms with van der Waals surface area (Å²) in [6.07, 6.45) is 2.81. The third kappa shape index (κ3) is 1.91. The highest BCUT2D eigenvalue weighted by Gasteiger charge is 2.08. The fraction of sp³-hybridized carbons (Fsp3) is 0.500. The van der Waals surface area contributed by atoms with Gasteiger partial charge >= 0.3 is 0 Å². The molecular formula is C10H15N5. The maximum absolute atomic E-state index is 4.38. The lowest BCUT2D eigenvalue weighted by atomic mass is 10.2. The van der Waals surface area contributed by atoms with Crippen LogP contribution in [-0.2, 0) is 0 Å². The van der Waals surface area contributed by atoms with Crippen molar-refractivity contribution < 1.29 is 0 Å². The molecule has 1 unspecified atom stereocenters. The second kappa shape index (κ2) is 3.84. The summed E-state index contributed by atoms with van der Waals surface area (Å²) in [6.45, 7) is 6.14. The van der Waals surface area contributed by atoms with Crippen LogP contribution in [0.25, 0.3) is 11.0 Å². The Balaban J connectivity index is 2.44. The van der Waals surface area contributed by atoms with E-state index in [0.717, 1.165) is 29.1 Å². The largest absolute Gasteiger partial charge is 0.367 e. The van der Waals surface area contributed by atoms with E-state index >= 15 is 0 Å². The van der Waals surface area contributed by atoms with Gasteiger partial charge in [-0.25, -0.2) is 9.97 Å². The molecule has 0 aliphatic heterocycles. The minimum atomic E-state index is 0.400. The van der Waals surface area contributed by atoms with Crippen LogP contribution in [0, 0.1) is 6.92 Å². The lowest BCUT2D eigenvalue weighted by molar-refractivity contribution is 0.759. The van der Waals surface area contributed by atoms with E-state index < -0.39 is 0 Å². The number of fused-ring (bicyclic) bond motifs is 1. The van der Waals surface area contributed by atoms with Gasteiger partial charge in [0.1, 0.15) is 11.6 Å². The number of anilines is 1. The fourth-order valence-corrected chi connectivity index (χ4v) is 1.39. The quantitative estimate of drug-likeness (QED) is 0.802. The average molecular weight is 205 g/mol. The van der Waals surface area contributed by atoms with Crippen molar-refractivity contribution in [1.82, 2.24) is 20.2 Å². The number of hydrogen-bond acceptors (Lipinski definition) is 4. The van der Waals surface area contributed by atoms with Crippen LogP contribution in [-0.4, -0.2) is 26.2 Å². The van der Waals surface area contributed by atoms with Gasteiger partial charge in [-0.3, -0.25) is 5.10 Å². The number of aryl methyl sites for hydroxylation is 1. The summed E-state index contributed by atoms with van der Waals surface area (Å²) >= 11 is 0. The first-order valence-electron chi connectivity index (χ1n) is 5.15. The second-order valence-corrected chi connectivity index (χ2v) is 3.71. The Morgan fingerprint density at radius 2 is 2.27 bits per heavy atom. The van der Waals surface area contributed by atoms with E-state index in [1.165, 1.54) is 0 Å². The normalized spacial score (nSPS) is 13.0. The van der Waals surface area contributed by atoms with E-state index in [4.69, 9.17) is 0 Å². The summed E-state index contributed by atoms with van der Waals surface area (Å²) in [6, 6.07) is 0.400. The molecule has 0 aliphatic carbocycles. The molecule has 2 aromatic rings. The van der Waals surface area contributed by atoms with Crippen LogP contribution < -0.4 is 5.32 Å². The van der Waals surface area contributed by atoms with Crippen LogP contribution in [0.5, 0.6) is 0 Å². The van der Waals surface area contributed by atoms with E-state index in [-0.39, 0.29) is 0 Å². The van der Waals surface area contributed by atoms with Crippen molar-refractivity contribution in [3.63, 3.8) is 0 Å². The van der Waals surface area contributed by atoms with Crippen LogP contribution in [0.4, 0.5) is 5.82 Å². The van der Waals surface area contributed by atoms with E-state index in [1.807, 2.05) is 6.92 Å². The number of hydrogen-bond donors (Lipinski definition) is 2. The van der Waals surface area contributed by atoms with Crippen LogP contribution in [0.2, 0.25) is 0 Å². The van der Waals surface area contributed by atoms with Crippen molar-refractivity contribution in [2.45, 2.75) is 33.2 Å². The Kier molecular flexibility index (Phi) is 2.53. The number of nitrogens with one attached hydrogen (secondary N) is 2. The van der Waals surface area contributed by atoms with E-state index in [1.54, 1.807) is 6.20 Å². The lowest BCUT2D eigenvalue weighted by Gasteiger charge is -2.12. The molecule has 80 valence electrons. The standard InChI is InChI=1S/C10H15N5/c1-4-6(2)12-9-8-5-11-15-10(8)14-7(3)13-9/h5-6H,4H2,1-3H3,(H2,11,12,13,14,15). The van der Waals surface area contributed by atoms with Gasteiger partial charge < -0.3 is 5.32 Å². The zero-order valence-corrected chi connectivity index (χ0v) is 9.20. The third-order valence-corrected chi connectivity index (χ3v) is 2.42. The van der Waals surface area contributed by atoms with Gasteiger partial charge in [-0.15, -0.1) is 0 Å². The number of aromatic amines is 1. The van der Waals surface area contributed by atoms with Gasteiger partial charge in [0, 0.05) is 6.04 Å². The molecule has 2 N–H and O–H groups in total. The molecule has 5 nitrogen and oxygen atoms in total. The minimum absolute atomic E-state index is 0.400. The fourth-order valence-electron chi connectivity index (χ4n) is 1.39. The molecule has 15 heavy (non-hydrogen) atoms. The van der Waals surface area contributed by atoms with Gasteiger partial charge in [-0.05, 0) is 20.3 Å². The van der Waals surface area contributed by atoms with Gasteiger partial charge in [0.05, 0.1) is 11.6 Å². The number of aromatic nitrogens is 4. The first kappa shape index (κ1) is 9.89. The molecule has 0 bridgehead atoms. The molecule has 0 fully saturated rings. The highest BCUT2D eigenvalue weighted by atomic mass is 15.2. The van der Waals surface area contributed by atoms with Crippen molar-refractivity contribution in [2.24, 2.45) is 0 Å². The Hall–Kier alpha value is -1.65. The molecule has 0 aliphatic rings. The average Bonchev–Trinajstić information content (AvgIpc) is 2.65. The molecule has 0 saturated heterocycles. The summed E-state index contributed by atoms with van der Waals surface area (Å²) in [4.78, 5) is 8.64. The van der Waals surface area contributed by atoms with Gasteiger partial charge in [0.25, 0.3) is 0 Å². The predicted octanol–water partition coefficient (Wildman–Crippen LogP) is 1.87. The molecule has 0 amide bonds. The van der Waals surface area contributed by atoms with Crippen molar-refractivity contribution in [3.05, 3.63) is 12.0 Å². The van der Waals surface area contributed by atoms with Gasteiger partial charge in [-0.2, -0.15) is 5.10 Å². The predicted molar refractivity (Wildman–Crippen MR) is 59.8 cm³/mol. The zero-order valence-electron chi connectivity index (χ0n) is 9.20. The van der Waals surface area contributed by atoms with Crippen LogP contribution in [0.15, 0.2) is 6.20 Å². The van der Waals surface area contributed by atoms with Crippen LogP contribution >= 0.6 is 0 Å².